The maximum Gasteiger partial charge on any atom is 0.176 e. The molecule has 0 aliphatic carbocycles. The van der Waals surface area contributed by atoms with Gasteiger partial charge in [0.2, 0.25) is 0 Å². The first-order valence-electron chi connectivity index (χ1n) is 6.73. The van der Waals surface area contributed by atoms with Crippen LogP contribution >= 0.6 is 11.6 Å². The highest BCUT2D eigenvalue weighted by Gasteiger charge is 2.09. The predicted octanol–water partition coefficient (Wildman–Crippen LogP) is 5.02. The molecule has 2 aromatic carbocycles. The number of ether oxygens (including phenoxy) is 1. The van der Waals surface area contributed by atoms with Crippen LogP contribution in [0.4, 0.5) is 5.69 Å². The Morgan fingerprint density at radius 1 is 1.19 bits per heavy atom. The molecular weight excluding hydrogens is 286 g/mol. The number of fused-ring (bicyclic) bond motifs is 1. The quantitative estimate of drug-likeness (QED) is 0.735. The number of para-hydroxylation sites is 2. The minimum absolute atomic E-state index is 0.572. The second-order valence-electron chi connectivity index (χ2n) is 4.88. The first-order chi connectivity index (χ1) is 10.2. The van der Waals surface area contributed by atoms with Crippen LogP contribution in [0.5, 0.6) is 5.75 Å². The lowest BCUT2D eigenvalue weighted by atomic mass is 10.2. The summed E-state index contributed by atoms with van der Waals surface area (Å²) in [7, 11) is 1.64. The molecule has 1 heterocycles. The van der Waals surface area contributed by atoms with Crippen LogP contribution in [0.25, 0.3) is 11.0 Å². The Morgan fingerprint density at radius 2 is 2.00 bits per heavy atom. The number of nitrogens with one attached hydrogen (secondary N) is 1. The van der Waals surface area contributed by atoms with Gasteiger partial charge in [-0.05, 0) is 30.7 Å². The molecule has 0 atom stereocenters. The molecule has 4 heteroatoms. The lowest BCUT2D eigenvalue weighted by molar-refractivity contribution is 0.408. The molecule has 21 heavy (non-hydrogen) atoms. The average Bonchev–Trinajstić information content (AvgIpc) is 2.89. The van der Waals surface area contributed by atoms with E-state index in [2.05, 4.69) is 5.32 Å². The molecule has 0 spiro atoms. The number of aryl methyl sites for hydroxylation is 1. The van der Waals surface area contributed by atoms with Crippen LogP contribution in [0.15, 0.2) is 46.9 Å². The molecule has 0 radical (unpaired) electrons. The zero-order chi connectivity index (χ0) is 14.8. The highest BCUT2D eigenvalue weighted by atomic mass is 35.5. The smallest absolute Gasteiger partial charge is 0.176 e. The van der Waals surface area contributed by atoms with Gasteiger partial charge in [-0.15, -0.1) is 0 Å². The molecule has 0 aliphatic rings. The van der Waals surface area contributed by atoms with Gasteiger partial charge in [-0.1, -0.05) is 35.9 Å². The van der Waals surface area contributed by atoms with E-state index in [9.17, 15) is 0 Å². The Bertz CT molecular complexity index is 759. The van der Waals surface area contributed by atoms with Crippen LogP contribution in [0.3, 0.4) is 0 Å². The van der Waals surface area contributed by atoms with Crippen molar-refractivity contribution < 1.29 is 9.15 Å². The van der Waals surface area contributed by atoms with Gasteiger partial charge in [0.15, 0.2) is 11.3 Å². The number of methoxy groups -OCH3 is 1. The molecule has 1 N–H and O–H groups in total. The zero-order valence-electron chi connectivity index (χ0n) is 11.9. The van der Waals surface area contributed by atoms with E-state index in [-0.39, 0.29) is 0 Å². The highest BCUT2D eigenvalue weighted by molar-refractivity contribution is 6.33. The number of furan rings is 1. The Morgan fingerprint density at radius 3 is 2.76 bits per heavy atom. The third-order valence-electron chi connectivity index (χ3n) is 3.44. The number of hydrogen-bond donors (Lipinski definition) is 1. The van der Waals surface area contributed by atoms with E-state index >= 15 is 0 Å². The summed E-state index contributed by atoms with van der Waals surface area (Å²) in [6.07, 6.45) is 0. The molecule has 0 unspecified atom stereocenters. The van der Waals surface area contributed by atoms with Gasteiger partial charge in [0.1, 0.15) is 5.76 Å². The van der Waals surface area contributed by atoms with Crippen LogP contribution in [0.1, 0.15) is 11.3 Å². The normalized spacial score (nSPS) is 10.8. The Labute approximate surface area is 128 Å². The number of halogens is 1. The summed E-state index contributed by atoms with van der Waals surface area (Å²) in [4.78, 5) is 0. The summed E-state index contributed by atoms with van der Waals surface area (Å²) in [5, 5.41) is 5.07. The SMILES string of the molecule is COc1cccc2cc(CNc3c(C)cccc3Cl)oc12. The summed E-state index contributed by atoms with van der Waals surface area (Å²) >= 11 is 6.21. The molecule has 3 nitrogen and oxygen atoms in total. The maximum absolute atomic E-state index is 6.21. The minimum Gasteiger partial charge on any atom is -0.493 e. The van der Waals surface area contributed by atoms with Crippen LogP contribution in [0, 0.1) is 6.92 Å². The van der Waals surface area contributed by atoms with E-state index in [1.54, 1.807) is 7.11 Å². The minimum atomic E-state index is 0.572. The van der Waals surface area contributed by atoms with Gasteiger partial charge < -0.3 is 14.5 Å². The van der Waals surface area contributed by atoms with Crippen molar-refractivity contribution in [2.24, 2.45) is 0 Å². The van der Waals surface area contributed by atoms with Gasteiger partial charge in [0.05, 0.1) is 24.4 Å². The second kappa shape index (κ2) is 5.70. The van der Waals surface area contributed by atoms with E-state index in [0.29, 0.717) is 11.6 Å². The molecule has 0 amide bonds. The van der Waals surface area contributed by atoms with Crippen LogP contribution in [-0.2, 0) is 6.54 Å². The third-order valence-corrected chi connectivity index (χ3v) is 3.76. The van der Waals surface area contributed by atoms with Crippen molar-refractivity contribution in [2.45, 2.75) is 13.5 Å². The fourth-order valence-corrected chi connectivity index (χ4v) is 2.66. The first kappa shape index (κ1) is 13.8. The van der Waals surface area contributed by atoms with Gasteiger partial charge in [-0.25, -0.2) is 0 Å². The highest BCUT2D eigenvalue weighted by Crippen LogP contribution is 2.30. The fraction of sp³-hybridized carbons (Fsp3) is 0.176. The lowest BCUT2D eigenvalue weighted by Crippen LogP contribution is -2.00. The molecule has 1 aromatic heterocycles. The van der Waals surface area contributed by atoms with Gasteiger partial charge in [0, 0.05) is 5.39 Å². The summed E-state index contributed by atoms with van der Waals surface area (Å²) in [5.41, 5.74) is 2.82. The van der Waals surface area contributed by atoms with Crippen molar-refractivity contribution in [1.82, 2.24) is 0 Å². The summed E-state index contributed by atoms with van der Waals surface area (Å²) in [5.74, 6) is 1.58. The molecule has 0 bridgehead atoms. The standard InChI is InChI=1S/C17H16ClNO2/c1-11-5-3-7-14(18)16(11)19-10-13-9-12-6-4-8-15(20-2)17(12)21-13/h3-9,19H,10H2,1-2H3. The van der Waals surface area contributed by atoms with E-state index in [4.69, 9.17) is 20.8 Å². The number of hydrogen-bond acceptors (Lipinski definition) is 3. The molecule has 0 aliphatic heterocycles. The second-order valence-corrected chi connectivity index (χ2v) is 5.28. The molecule has 0 saturated carbocycles. The molecule has 3 rings (SSSR count). The monoisotopic (exact) mass is 301 g/mol. The summed E-state index contributed by atoms with van der Waals surface area (Å²) < 4.78 is 11.2. The Kier molecular flexibility index (Phi) is 3.76. The van der Waals surface area contributed by atoms with Gasteiger partial charge >= 0.3 is 0 Å². The summed E-state index contributed by atoms with van der Waals surface area (Å²) in [6.45, 7) is 2.60. The predicted molar refractivity (Wildman–Crippen MR) is 86.3 cm³/mol. The van der Waals surface area contributed by atoms with E-state index < -0.39 is 0 Å². The van der Waals surface area contributed by atoms with E-state index in [0.717, 1.165) is 33.7 Å². The first-order valence-corrected chi connectivity index (χ1v) is 7.11. The topological polar surface area (TPSA) is 34.4 Å². The van der Waals surface area contributed by atoms with Gasteiger partial charge in [-0.2, -0.15) is 0 Å². The molecule has 0 saturated heterocycles. The van der Waals surface area contributed by atoms with E-state index in [1.165, 1.54) is 0 Å². The van der Waals surface area contributed by atoms with Crippen molar-refractivity contribution in [3.8, 4) is 5.75 Å². The Hall–Kier alpha value is -2.13. The van der Waals surface area contributed by atoms with Crippen molar-refractivity contribution in [2.75, 3.05) is 12.4 Å². The third kappa shape index (κ3) is 2.69. The van der Waals surface area contributed by atoms with Crippen molar-refractivity contribution >= 4 is 28.3 Å². The van der Waals surface area contributed by atoms with Crippen LogP contribution in [0.2, 0.25) is 5.02 Å². The fourth-order valence-electron chi connectivity index (χ4n) is 2.37. The van der Waals surface area contributed by atoms with Gasteiger partial charge in [0.25, 0.3) is 0 Å². The largest absolute Gasteiger partial charge is 0.493 e. The molecular formula is C17H16ClNO2. The van der Waals surface area contributed by atoms with Crippen LogP contribution in [-0.4, -0.2) is 7.11 Å². The maximum atomic E-state index is 6.21. The van der Waals surface area contributed by atoms with Gasteiger partial charge in [-0.3, -0.25) is 0 Å². The molecule has 3 aromatic rings. The van der Waals surface area contributed by atoms with E-state index in [1.807, 2.05) is 49.4 Å². The number of anilines is 1. The molecule has 108 valence electrons. The van der Waals surface area contributed by atoms with Crippen molar-refractivity contribution in [1.29, 1.82) is 0 Å². The summed E-state index contributed by atoms with van der Waals surface area (Å²) in [6, 6.07) is 13.7. The van der Waals surface area contributed by atoms with Crippen molar-refractivity contribution in [3.63, 3.8) is 0 Å². The lowest BCUT2D eigenvalue weighted by Gasteiger charge is -2.09. The zero-order valence-corrected chi connectivity index (χ0v) is 12.7. The number of benzene rings is 2. The van der Waals surface area contributed by atoms with Crippen LogP contribution < -0.4 is 10.1 Å². The Balaban J connectivity index is 1.86. The average molecular weight is 302 g/mol. The molecule has 0 fully saturated rings. The number of rotatable bonds is 4. The van der Waals surface area contributed by atoms with Crippen molar-refractivity contribution in [3.05, 3.63) is 58.8 Å².